The summed E-state index contributed by atoms with van der Waals surface area (Å²) in [4.78, 5) is 21.6. The van der Waals surface area contributed by atoms with Gasteiger partial charge < -0.3 is 72.5 Å². The number of aliphatic hydroxyl groups is 3. The van der Waals surface area contributed by atoms with E-state index < -0.39 is 90.8 Å². The highest BCUT2D eigenvalue weighted by atomic mass is 35.5. The van der Waals surface area contributed by atoms with Crippen molar-refractivity contribution >= 4 is 40.7 Å². The number of carbonyl (C=O) groups excluding carboxylic acids is 1. The number of nitrogens with zero attached hydrogens (tertiary/aromatic N) is 2. The highest BCUT2D eigenvalue weighted by molar-refractivity contribution is 7.99. The van der Waals surface area contributed by atoms with Gasteiger partial charge in [-0.1, -0.05) is 106 Å². The molecule has 4 fully saturated rings. The first kappa shape index (κ1) is 64.0. The second-order valence-electron chi connectivity index (χ2n) is 24.4. The van der Waals surface area contributed by atoms with E-state index in [9.17, 15) is 20.1 Å². The Morgan fingerprint density at radius 1 is 0.880 bits per heavy atom. The van der Waals surface area contributed by atoms with Crippen molar-refractivity contribution in [2.75, 3.05) is 52.9 Å². The number of ether oxygens (including phenoxy) is 10. The SMILES string of the molecule is CCC(C)C1OC2(C=CC1C)CC1CC(CC=C(C)C(OC3CC(OC)C(OC4CC(OC)C(O)C(C)O4)C(C)O3)C(C)C=CC=C3COC4C(O)C(C)=CC(C(=O)O1)C34O)O2.CN(C)CCCN1c2ccccc2Sc2ccc(Cl)cc21. The summed E-state index contributed by atoms with van der Waals surface area (Å²) in [5.74, 6) is -2.56. The fourth-order valence-electron chi connectivity index (χ4n) is 13.1. The van der Waals surface area contributed by atoms with Crippen LogP contribution in [-0.2, 0) is 52.2 Å². The first-order valence-corrected chi connectivity index (χ1v) is 31.2. The van der Waals surface area contributed by atoms with Crippen LogP contribution in [0.3, 0.4) is 0 Å². The maximum Gasteiger partial charge on any atom is 0.316 e. The van der Waals surface area contributed by atoms with Gasteiger partial charge in [0, 0.05) is 73.1 Å². The second-order valence-corrected chi connectivity index (χ2v) is 26.0. The Bertz CT molecular complexity index is 2700. The van der Waals surface area contributed by atoms with Crippen LogP contribution in [0.15, 0.2) is 112 Å². The summed E-state index contributed by atoms with van der Waals surface area (Å²) in [6, 6.07) is 14.8. The molecule has 2 bridgehead atoms. The summed E-state index contributed by atoms with van der Waals surface area (Å²) in [5.41, 5.74) is 2.65. The van der Waals surface area contributed by atoms with Crippen LogP contribution in [0.25, 0.3) is 0 Å². The molecular formula is C65H91ClN2O14S. The maximum absolute atomic E-state index is 14.3. The highest BCUT2D eigenvalue weighted by Crippen LogP contribution is 2.50. The molecular weight excluding hydrogens is 1100 g/mol. The van der Waals surface area contributed by atoms with Gasteiger partial charge in [-0.2, -0.15) is 0 Å². The summed E-state index contributed by atoms with van der Waals surface area (Å²) >= 11 is 8.03. The third kappa shape index (κ3) is 14.3. The number of hydrogen-bond donors (Lipinski definition) is 3. The number of carbonyl (C=O) groups is 1. The third-order valence-electron chi connectivity index (χ3n) is 18.1. The van der Waals surface area contributed by atoms with E-state index in [-0.39, 0.29) is 42.7 Å². The molecule has 2 aromatic carbocycles. The van der Waals surface area contributed by atoms with Gasteiger partial charge in [-0.25, -0.2) is 0 Å². The molecule has 0 radical (unpaired) electrons. The number of rotatable bonds is 12. The van der Waals surface area contributed by atoms with Gasteiger partial charge >= 0.3 is 5.97 Å². The minimum atomic E-state index is -1.84. The van der Waals surface area contributed by atoms with E-state index in [0.717, 1.165) is 36.5 Å². The predicted molar refractivity (Wildman–Crippen MR) is 319 cm³/mol. The van der Waals surface area contributed by atoms with Gasteiger partial charge in [0.05, 0.1) is 60.7 Å². The van der Waals surface area contributed by atoms with Gasteiger partial charge in [0.15, 0.2) is 18.4 Å². The van der Waals surface area contributed by atoms with E-state index in [4.69, 9.17) is 59.0 Å². The van der Waals surface area contributed by atoms with E-state index in [2.05, 4.69) is 100 Å². The number of benzene rings is 2. The van der Waals surface area contributed by atoms with E-state index in [0.29, 0.717) is 43.3 Å². The molecule has 18 heteroatoms. The molecule has 0 saturated carbocycles. The molecule has 3 N–H and O–H groups in total. The van der Waals surface area contributed by atoms with Crippen LogP contribution in [0.2, 0.25) is 5.02 Å². The largest absolute Gasteiger partial charge is 0.462 e. The molecule has 20 unspecified atom stereocenters. The van der Waals surface area contributed by atoms with E-state index in [1.165, 1.54) is 21.2 Å². The number of halogens is 1. The molecule has 20 atom stereocenters. The van der Waals surface area contributed by atoms with Crippen LogP contribution in [0.5, 0.6) is 0 Å². The molecule has 0 aromatic heterocycles. The van der Waals surface area contributed by atoms with Crippen molar-refractivity contribution in [3.05, 3.63) is 107 Å². The molecule has 458 valence electrons. The zero-order valence-corrected chi connectivity index (χ0v) is 52.1. The number of anilines is 2. The van der Waals surface area contributed by atoms with Crippen molar-refractivity contribution in [2.24, 2.45) is 23.7 Å². The van der Waals surface area contributed by atoms with Crippen molar-refractivity contribution in [3.8, 4) is 0 Å². The molecule has 1 spiro atoms. The van der Waals surface area contributed by atoms with Gasteiger partial charge in [-0.05, 0) is 120 Å². The zero-order valence-electron chi connectivity index (χ0n) is 50.6. The van der Waals surface area contributed by atoms with Crippen molar-refractivity contribution < 1.29 is 67.5 Å². The Kier molecular flexibility index (Phi) is 21.4. The molecule has 7 aliphatic heterocycles. The Balaban J connectivity index is 0.000000328. The van der Waals surface area contributed by atoms with Gasteiger partial charge in [-0.3, -0.25) is 4.79 Å². The lowest BCUT2D eigenvalue weighted by Gasteiger charge is -2.48. The molecule has 8 aliphatic rings. The molecule has 7 heterocycles. The quantitative estimate of drug-likeness (QED) is 0.135. The van der Waals surface area contributed by atoms with Crippen LogP contribution in [0.4, 0.5) is 11.4 Å². The fourth-order valence-corrected chi connectivity index (χ4v) is 14.4. The van der Waals surface area contributed by atoms with E-state index in [1.54, 1.807) is 40.2 Å². The summed E-state index contributed by atoms with van der Waals surface area (Å²) < 4.78 is 63.7. The monoisotopic (exact) mass is 1190 g/mol. The number of allylic oxidation sites excluding steroid dienone is 2. The molecule has 1 aliphatic carbocycles. The lowest BCUT2D eigenvalue weighted by molar-refractivity contribution is -0.318. The number of hydrogen-bond acceptors (Lipinski definition) is 17. The fraction of sp³-hybridized carbons (Fsp3) is 0.646. The molecule has 83 heavy (non-hydrogen) atoms. The summed E-state index contributed by atoms with van der Waals surface area (Å²) in [6.45, 7) is 18.2. The first-order valence-electron chi connectivity index (χ1n) is 30.0. The first-order chi connectivity index (χ1) is 39.6. The molecule has 10 rings (SSSR count). The van der Waals surface area contributed by atoms with Crippen molar-refractivity contribution in [1.29, 1.82) is 0 Å². The molecule has 16 nitrogen and oxygen atoms in total. The third-order valence-corrected chi connectivity index (χ3v) is 19.4. The van der Waals surface area contributed by atoms with Gasteiger partial charge in [-0.15, -0.1) is 0 Å². The average molecular weight is 1190 g/mol. The summed E-state index contributed by atoms with van der Waals surface area (Å²) in [6.07, 6.45) is 9.67. The topological polar surface area (TPSA) is 177 Å². The lowest BCUT2D eigenvalue weighted by atomic mass is 9.71. The summed E-state index contributed by atoms with van der Waals surface area (Å²) in [7, 11) is 7.45. The Morgan fingerprint density at radius 3 is 2.35 bits per heavy atom. The Hall–Kier alpha value is -3.47. The van der Waals surface area contributed by atoms with Crippen LogP contribution in [-0.4, -0.2) is 171 Å². The van der Waals surface area contributed by atoms with Crippen LogP contribution >= 0.6 is 23.4 Å². The minimum absolute atomic E-state index is 0.0317. The standard InChI is InChI=1S/C48H72O14.C17H19ClN2S/c1-11-25(2)43-28(5)17-18-47(62-43)23-34-20-33(61-47)16-15-27(4)42(26(3)13-12-14-32-24-55-45-40(49)29(6)19-35(46(51)58-34)48(32,45)52)59-39-22-37(54-10)44(31(8)57-39)60-38-21-36(53-9)41(50)30(7)56-38;1-19(2)10-5-11-20-14-6-3-4-7-16(14)21-17-9-8-13(18)12-15(17)20/h12-15,17-19,25-26,28,30-31,33-45,49-50,52H,11,16,20-24H2,1-10H3;3-4,6-9,12H,5,10-11H2,1-2H3. The lowest BCUT2D eigenvalue weighted by Crippen LogP contribution is -2.58. The number of aliphatic hydroxyl groups excluding tert-OH is 2. The highest BCUT2D eigenvalue weighted by Gasteiger charge is 2.60. The van der Waals surface area contributed by atoms with Crippen LogP contribution < -0.4 is 4.90 Å². The predicted octanol–water partition coefficient (Wildman–Crippen LogP) is 10.3. The van der Waals surface area contributed by atoms with Crippen LogP contribution in [0.1, 0.15) is 100 Å². The van der Waals surface area contributed by atoms with Crippen molar-refractivity contribution in [2.45, 2.75) is 207 Å². The molecule has 4 saturated heterocycles. The number of para-hydroxylation sites is 1. The smallest absolute Gasteiger partial charge is 0.316 e. The molecule has 2 aromatic rings. The van der Waals surface area contributed by atoms with E-state index in [1.807, 2.05) is 49.9 Å². The number of esters is 1. The summed E-state index contributed by atoms with van der Waals surface area (Å²) in [5, 5.41) is 35.0. The zero-order chi connectivity index (χ0) is 59.5. The van der Waals surface area contributed by atoms with Crippen molar-refractivity contribution in [1.82, 2.24) is 4.90 Å². The maximum atomic E-state index is 14.3. The second kappa shape index (κ2) is 27.7. The Morgan fingerprint density at radius 2 is 1.60 bits per heavy atom. The van der Waals surface area contributed by atoms with Crippen LogP contribution in [0, 0.1) is 23.7 Å². The van der Waals surface area contributed by atoms with Gasteiger partial charge in [0.2, 0.25) is 0 Å². The normalized spacial score (nSPS) is 38.4. The molecule has 0 amide bonds. The van der Waals surface area contributed by atoms with Crippen molar-refractivity contribution in [3.63, 3.8) is 0 Å². The van der Waals surface area contributed by atoms with Gasteiger partial charge in [0.1, 0.15) is 42.0 Å². The number of fused-ring (bicyclic) bond motifs is 4. The Labute approximate surface area is 501 Å². The van der Waals surface area contributed by atoms with E-state index >= 15 is 0 Å². The van der Waals surface area contributed by atoms with Gasteiger partial charge in [0.25, 0.3) is 0 Å². The number of methoxy groups -OCH3 is 2. The minimum Gasteiger partial charge on any atom is -0.462 e. The average Bonchev–Trinajstić information content (AvgIpc) is 3.70.